The zero-order valence-corrected chi connectivity index (χ0v) is 14.9. The third-order valence-electron chi connectivity index (χ3n) is 3.52. The van der Waals surface area contributed by atoms with Crippen LogP contribution in [0.2, 0.25) is 0 Å². The molecule has 0 aromatic heterocycles. The Balaban J connectivity index is 2.33. The van der Waals surface area contributed by atoms with E-state index >= 15 is 0 Å². The van der Waals surface area contributed by atoms with Gasteiger partial charge < -0.3 is 10.1 Å². The molecule has 1 unspecified atom stereocenters. The van der Waals surface area contributed by atoms with Crippen molar-refractivity contribution >= 4 is 27.3 Å². The van der Waals surface area contributed by atoms with Crippen LogP contribution in [-0.2, 0) is 14.8 Å². The number of nitrogens with zero attached hydrogens (tertiary/aromatic N) is 1. The number of halogens is 1. The summed E-state index contributed by atoms with van der Waals surface area (Å²) in [6.07, 6.45) is 0.963. The van der Waals surface area contributed by atoms with Crippen molar-refractivity contribution in [1.82, 2.24) is 0 Å². The number of amides is 1. The summed E-state index contributed by atoms with van der Waals surface area (Å²) in [7, 11) is -2.35. The number of para-hydroxylation sites is 2. The first-order chi connectivity index (χ1) is 11.7. The Bertz CT molecular complexity index is 870. The Kier molecular flexibility index (Phi) is 5.63. The maximum absolute atomic E-state index is 13.5. The van der Waals surface area contributed by atoms with Gasteiger partial charge in [-0.1, -0.05) is 18.2 Å². The molecule has 25 heavy (non-hydrogen) atoms. The lowest BCUT2D eigenvalue weighted by Crippen LogP contribution is -2.45. The molecule has 0 aliphatic rings. The van der Waals surface area contributed by atoms with Crippen molar-refractivity contribution in [1.29, 1.82) is 0 Å². The smallest absolute Gasteiger partial charge is 0.248 e. The van der Waals surface area contributed by atoms with Crippen molar-refractivity contribution in [3.63, 3.8) is 0 Å². The van der Waals surface area contributed by atoms with Gasteiger partial charge in [-0.05, 0) is 37.3 Å². The molecule has 0 fully saturated rings. The van der Waals surface area contributed by atoms with Crippen molar-refractivity contribution in [2.75, 3.05) is 23.0 Å². The SMILES string of the molecule is COc1ccccc1NC(=O)C(C)N(c1cccc(F)c1)S(C)(=O)=O. The van der Waals surface area contributed by atoms with Crippen LogP contribution in [0, 0.1) is 5.82 Å². The zero-order chi connectivity index (χ0) is 18.6. The van der Waals surface area contributed by atoms with Gasteiger partial charge in [0, 0.05) is 0 Å². The standard InChI is InChI=1S/C17H19FN2O4S/c1-12(17(21)19-15-9-4-5-10-16(15)24-2)20(25(3,22)23)14-8-6-7-13(18)11-14/h4-12H,1-3H3,(H,19,21). The summed E-state index contributed by atoms with van der Waals surface area (Å²) in [6.45, 7) is 1.43. The summed E-state index contributed by atoms with van der Waals surface area (Å²) in [5, 5.41) is 2.63. The second kappa shape index (κ2) is 7.52. The van der Waals surface area contributed by atoms with E-state index in [1.807, 2.05) is 0 Å². The third kappa shape index (κ3) is 4.48. The van der Waals surface area contributed by atoms with Gasteiger partial charge in [0.25, 0.3) is 0 Å². The Morgan fingerprint density at radius 2 is 1.88 bits per heavy atom. The van der Waals surface area contributed by atoms with E-state index in [1.165, 1.54) is 32.2 Å². The van der Waals surface area contributed by atoms with E-state index in [9.17, 15) is 17.6 Å². The zero-order valence-electron chi connectivity index (χ0n) is 14.1. The summed E-state index contributed by atoms with van der Waals surface area (Å²) in [5.74, 6) is -0.720. The van der Waals surface area contributed by atoms with Gasteiger partial charge in [0.1, 0.15) is 17.6 Å². The molecule has 0 spiro atoms. The summed E-state index contributed by atoms with van der Waals surface area (Å²) in [4.78, 5) is 12.6. The first kappa shape index (κ1) is 18.7. The van der Waals surface area contributed by atoms with Crippen LogP contribution < -0.4 is 14.4 Å². The van der Waals surface area contributed by atoms with Crippen LogP contribution in [0.1, 0.15) is 6.92 Å². The minimum absolute atomic E-state index is 0.0742. The molecule has 0 radical (unpaired) electrons. The van der Waals surface area contributed by atoms with Gasteiger partial charge in [-0.15, -0.1) is 0 Å². The first-order valence-electron chi connectivity index (χ1n) is 7.43. The molecular weight excluding hydrogens is 347 g/mol. The van der Waals surface area contributed by atoms with Gasteiger partial charge in [-0.2, -0.15) is 0 Å². The molecule has 0 heterocycles. The highest BCUT2D eigenvalue weighted by molar-refractivity contribution is 7.92. The van der Waals surface area contributed by atoms with Crippen molar-refractivity contribution < 1.29 is 22.3 Å². The van der Waals surface area contributed by atoms with E-state index in [2.05, 4.69) is 5.32 Å². The molecule has 8 heteroatoms. The Labute approximate surface area is 146 Å². The lowest BCUT2D eigenvalue weighted by Gasteiger charge is -2.28. The van der Waals surface area contributed by atoms with Gasteiger partial charge in [0.15, 0.2) is 0 Å². The van der Waals surface area contributed by atoms with Crippen LogP contribution in [0.4, 0.5) is 15.8 Å². The molecule has 134 valence electrons. The molecule has 0 saturated carbocycles. The van der Waals surface area contributed by atoms with Gasteiger partial charge in [-0.25, -0.2) is 12.8 Å². The monoisotopic (exact) mass is 366 g/mol. The number of rotatable bonds is 6. The van der Waals surface area contributed by atoms with E-state index in [1.54, 1.807) is 24.3 Å². The van der Waals surface area contributed by atoms with E-state index in [0.29, 0.717) is 11.4 Å². The second-order valence-corrected chi connectivity index (χ2v) is 7.26. The topological polar surface area (TPSA) is 75.7 Å². The Hall–Kier alpha value is -2.61. The average Bonchev–Trinajstić information content (AvgIpc) is 2.54. The number of hydrogen-bond acceptors (Lipinski definition) is 4. The first-order valence-corrected chi connectivity index (χ1v) is 9.27. The fourth-order valence-corrected chi connectivity index (χ4v) is 3.57. The fraction of sp³-hybridized carbons (Fsp3) is 0.235. The number of ether oxygens (including phenoxy) is 1. The lowest BCUT2D eigenvalue weighted by molar-refractivity contribution is -0.116. The van der Waals surface area contributed by atoms with Crippen molar-refractivity contribution in [2.45, 2.75) is 13.0 Å². The number of anilines is 2. The summed E-state index contributed by atoms with van der Waals surface area (Å²) in [5.41, 5.74) is 0.486. The molecule has 0 bridgehead atoms. The molecule has 2 aromatic carbocycles. The van der Waals surface area contributed by atoms with E-state index < -0.39 is 27.8 Å². The summed E-state index contributed by atoms with van der Waals surface area (Å²) < 4.78 is 43.8. The fourth-order valence-electron chi connectivity index (χ4n) is 2.41. The third-order valence-corrected chi connectivity index (χ3v) is 4.76. The summed E-state index contributed by atoms with van der Waals surface area (Å²) >= 11 is 0. The minimum Gasteiger partial charge on any atom is -0.495 e. The summed E-state index contributed by atoms with van der Waals surface area (Å²) in [6, 6.07) is 10.7. The van der Waals surface area contributed by atoms with Gasteiger partial charge in [0.2, 0.25) is 15.9 Å². The van der Waals surface area contributed by atoms with E-state index in [4.69, 9.17) is 4.74 Å². The van der Waals surface area contributed by atoms with Gasteiger partial charge in [-0.3, -0.25) is 9.10 Å². The second-order valence-electron chi connectivity index (χ2n) is 5.40. The molecule has 0 aliphatic carbocycles. The highest BCUT2D eigenvalue weighted by Crippen LogP contribution is 2.25. The number of methoxy groups -OCH3 is 1. The number of sulfonamides is 1. The van der Waals surface area contributed by atoms with Crippen LogP contribution in [0.25, 0.3) is 0 Å². The molecule has 0 aliphatic heterocycles. The predicted octanol–water partition coefficient (Wildman–Crippen LogP) is 2.63. The highest BCUT2D eigenvalue weighted by Gasteiger charge is 2.29. The maximum atomic E-state index is 13.5. The number of carbonyl (C=O) groups excluding carboxylic acids is 1. The molecule has 2 rings (SSSR count). The Morgan fingerprint density at radius 3 is 2.48 bits per heavy atom. The predicted molar refractivity (Wildman–Crippen MR) is 94.8 cm³/mol. The lowest BCUT2D eigenvalue weighted by atomic mass is 10.2. The molecule has 1 N–H and O–H groups in total. The molecule has 0 saturated heterocycles. The maximum Gasteiger partial charge on any atom is 0.248 e. The number of nitrogens with one attached hydrogen (secondary N) is 1. The van der Waals surface area contributed by atoms with E-state index in [-0.39, 0.29) is 5.69 Å². The van der Waals surface area contributed by atoms with Crippen LogP contribution in [0.15, 0.2) is 48.5 Å². The van der Waals surface area contributed by atoms with Gasteiger partial charge >= 0.3 is 0 Å². The molecule has 6 nitrogen and oxygen atoms in total. The quantitative estimate of drug-likeness (QED) is 0.853. The van der Waals surface area contributed by atoms with Crippen LogP contribution in [-0.4, -0.2) is 33.7 Å². The number of hydrogen-bond donors (Lipinski definition) is 1. The minimum atomic E-state index is -3.81. The largest absolute Gasteiger partial charge is 0.495 e. The van der Waals surface area contributed by atoms with Crippen molar-refractivity contribution in [2.24, 2.45) is 0 Å². The number of carbonyl (C=O) groups is 1. The van der Waals surface area contributed by atoms with Crippen LogP contribution in [0.3, 0.4) is 0 Å². The van der Waals surface area contributed by atoms with Crippen LogP contribution in [0.5, 0.6) is 5.75 Å². The normalized spacial score (nSPS) is 12.3. The average molecular weight is 366 g/mol. The van der Waals surface area contributed by atoms with Crippen LogP contribution >= 0.6 is 0 Å². The molecular formula is C17H19FN2O4S. The highest BCUT2D eigenvalue weighted by atomic mass is 32.2. The van der Waals surface area contributed by atoms with E-state index in [0.717, 1.165) is 16.6 Å². The molecule has 2 aromatic rings. The number of benzene rings is 2. The van der Waals surface area contributed by atoms with Crippen molar-refractivity contribution in [3.05, 3.63) is 54.3 Å². The van der Waals surface area contributed by atoms with Gasteiger partial charge in [0.05, 0.1) is 24.7 Å². The molecule has 1 amide bonds. The Morgan fingerprint density at radius 1 is 1.20 bits per heavy atom. The molecule has 1 atom stereocenters. The van der Waals surface area contributed by atoms with Crippen molar-refractivity contribution in [3.8, 4) is 5.75 Å².